The van der Waals surface area contributed by atoms with Crippen LogP contribution in [0.15, 0.2) is 59.9 Å². The number of nitrogens with one attached hydrogen (secondary N) is 2. The molecule has 1 aromatic heterocycles. The monoisotopic (exact) mass is 543 g/mol. The Balaban J connectivity index is 1.64. The van der Waals surface area contributed by atoms with Gasteiger partial charge in [-0.2, -0.15) is 13.2 Å². The lowest BCUT2D eigenvalue weighted by Gasteiger charge is -2.33. The molecule has 0 saturated carbocycles. The predicted octanol–water partition coefficient (Wildman–Crippen LogP) is 4.06. The van der Waals surface area contributed by atoms with Crippen molar-refractivity contribution in [3.63, 3.8) is 0 Å². The molecule has 0 radical (unpaired) electrons. The number of likely N-dealkylation sites (N-methyl/N-ethyl adjacent to an activating group) is 1. The average Bonchev–Trinajstić information content (AvgIpc) is 3.23. The van der Waals surface area contributed by atoms with Crippen molar-refractivity contribution in [1.29, 1.82) is 0 Å². The molecule has 2 aromatic rings. The zero-order valence-electron chi connectivity index (χ0n) is 22.1. The van der Waals surface area contributed by atoms with Crippen molar-refractivity contribution in [2.24, 2.45) is 5.92 Å². The number of carbonyl (C=O) groups excluding carboxylic acids is 3. The van der Waals surface area contributed by atoms with Crippen molar-refractivity contribution >= 4 is 17.8 Å². The summed E-state index contributed by atoms with van der Waals surface area (Å²) in [6, 6.07) is 7.67. The van der Waals surface area contributed by atoms with Crippen molar-refractivity contribution < 1.29 is 27.6 Å². The fraction of sp³-hybridized carbons (Fsp3) is 0.429. The van der Waals surface area contributed by atoms with Gasteiger partial charge in [-0.15, -0.1) is 0 Å². The summed E-state index contributed by atoms with van der Waals surface area (Å²) in [5.74, 6) is -0.871. The Kier molecular flexibility index (Phi) is 8.27. The summed E-state index contributed by atoms with van der Waals surface area (Å²) in [7, 11) is 0. The van der Waals surface area contributed by atoms with Crippen LogP contribution in [-0.2, 0) is 22.2 Å². The standard InChI is InChI=1S/C28H32F3N5O3/c1-4-35-22-16-36(21(15-17(2)3)25(37)33-14-12-18-9-7-8-13-32-18)26(38)23(22)24(34-27(35)39)19-10-5-6-11-20(19)28(29,30)31/h5-11,13,17,21,24H,4,12,14-16H2,1-3H3,(H,33,37)(H,34,39)/t21-,24-/m1/s1. The summed E-state index contributed by atoms with van der Waals surface area (Å²) in [6.45, 7) is 6.04. The molecule has 1 aromatic carbocycles. The quantitative estimate of drug-likeness (QED) is 0.499. The number of aromatic nitrogens is 1. The lowest BCUT2D eigenvalue weighted by atomic mass is 9.91. The van der Waals surface area contributed by atoms with Crippen molar-refractivity contribution in [3.05, 3.63) is 76.8 Å². The van der Waals surface area contributed by atoms with Gasteiger partial charge in [-0.05, 0) is 43.0 Å². The Labute approximate surface area is 225 Å². The third kappa shape index (κ3) is 5.91. The molecule has 0 saturated heterocycles. The summed E-state index contributed by atoms with van der Waals surface area (Å²) in [4.78, 5) is 47.2. The van der Waals surface area contributed by atoms with E-state index in [1.54, 1.807) is 19.2 Å². The molecule has 3 heterocycles. The van der Waals surface area contributed by atoms with Crippen LogP contribution in [0, 0.1) is 5.92 Å². The lowest BCUT2D eigenvalue weighted by Crippen LogP contribution is -2.49. The van der Waals surface area contributed by atoms with Crippen molar-refractivity contribution in [2.45, 2.75) is 51.9 Å². The van der Waals surface area contributed by atoms with Crippen LogP contribution in [-0.4, -0.2) is 58.3 Å². The van der Waals surface area contributed by atoms with Crippen LogP contribution in [0.5, 0.6) is 0 Å². The van der Waals surface area contributed by atoms with Gasteiger partial charge in [0.15, 0.2) is 0 Å². The maximum absolute atomic E-state index is 13.9. The Morgan fingerprint density at radius 3 is 2.51 bits per heavy atom. The largest absolute Gasteiger partial charge is 0.416 e. The average molecular weight is 544 g/mol. The van der Waals surface area contributed by atoms with Crippen molar-refractivity contribution in [2.75, 3.05) is 19.6 Å². The van der Waals surface area contributed by atoms with Gasteiger partial charge in [-0.3, -0.25) is 19.5 Å². The van der Waals surface area contributed by atoms with Crippen LogP contribution in [0.4, 0.5) is 18.0 Å². The highest BCUT2D eigenvalue weighted by Crippen LogP contribution is 2.42. The predicted molar refractivity (Wildman–Crippen MR) is 138 cm³/mol. The fourth-order valence-electron chi connectivity index (χ4n) is 5.14. The molecule has 2 aliphatic rings. The van der Waals surface area contributed by atoms with Gasteiger partial charge in [0.05, 0.1) is 29.4 Å². The van der Waals surface area contributed by atoms with Crippen LogP contribution in [0.2, 0.25) is 0 Å². The molecule has 208 valence electrons. The highest BCUT2D eigenvalue weighted by Gasteiger charge is 2.48. The minimum atomic E-state index is -4.68. The number of hydrogen-bond donors (Lipinski definition) is 2. The second kappa shape index (κ2) is 11.5. The molecule has 2 aliphatic heterocycles. The van der Waals surface area contributed by atoms with E-state index >= 15 is 0 Å². The Morgan fingerprint density at radius 1 is 1.15 bits per heavy atom. The zero-order valence-corrected chi connectivity index (χ0v) is 22.1. The Hall–Kier alpha value is -3.89. The zero-order chi connectivity index (χ0) is 28.3. The maximum Gasteiger partial charge on any atom is 0.416 e. The van der Waals surface area contributed by atoms with Gasteiger partial charge in [0.1, 0.15) is 6.04 Å². The number of rotatable bonds is 9. The minimum Gasteiger partial charge on any atom is -0.354 e. The minimum absolute atomic E-state index is 0.0470. The van der Waals surface area contributed by atoms with Crippen LogP contribution in [0.25, 0.3) is 0 Å². The number of carbonyl (C=O) groups is 3. The van der Waals surface area contributed by atoms with Crippen LogP contribution in [0.3, 0.4) is 0 Å². The van der Waals surface area contributed by atoms with Crippen LogP contribution in [0.1, 0.15) is 50.1 Å². The molecule has 39 heavy (non-hydrogen) atoms. The van der Waals surface area contributed by atoms with E-state index in [0.29, 0.717) is 25.1 Å². The molecule has 0 aliphatic carbocycles. The van der Waals surface area contributed by atoms with Crippen molar-refractivity contribution in [3.8, 4) is 0 Å². The maximum atomic E-state index is 13.9. The third-order valence-corrected chi connectivity index (χ3v) is 6.92. The van der Waals surface area contributed by atoms with Gasteiger partial charge in [-0.1, -0.05) is 38.1 Å². The second-order valence-corrected chi connectivity index (χ2v) is 10.0. The third-order valence-electron chi connectivity index (χ3n) is 6.92. The molecular weight excluding hydrogens is 511 g/mol. The molecular formula is C28H32F3N5O3. The smallest absolute Gasteiger partial charge is 0.354 e. The highest BCUT2D eigenvalue weighted by molar-refractivity contribution is 6.03. The first kappa shape index (κ1) is 28.1. The topological polar surface area (TPSA) is 94.6 Å². The molecule has 4 rings (SSSR count). The van der Waals surface area contributed by atoms with Gasteiger partial charge < -0.3 is 15.5 Å². The number of halogens is 3. The number of urea groups is 1. The molecule has 4 amide bonds. The van der Waals surface area contributed by atoms with Gasteiger partial charge in [0.25, 0.3) is 5.91 Å². The van der Waals surface area contributed by atoms with E-state index < -0.39 is 35.8 Å². The van der Waals surface area contributed by atoms with E-state index in [1.807, 2.05) is 26.0 Å². The van der Waals surface area contributed by atoms with Gasteiger partial charge in [0, 0.05) is 31.4 Å². The molecule has 11 heteroatoms. The highest BCUT2D eigenvalue weighted by atomic mass is 19.4. The summed E-state index contributed by atoms with van der Waals surface area (Å²) in [6.07, 6.45) is -2.17. The molecule has 0 unspecified atom stereocenters. The van der Waals surface area contributed by atoms with E-state index in [4.69, 9.17) is 0 Å². The molecule has 8 nitrogen and oxygen atoms in total. The summed E-state index contributed by atoms with van der Waals surface area (Å²) in [5, 5.41) is 5.49. The molecule has 0 bridgehead atoms. The van der Waals surface area contributed by atoms with E-state index in [9.17, 15) is 27.6 Å². The summed E-state index contributed by atoms with van der Waals surface area (Å²) >= 11 is 0. The normalized spacial score (nSPS) is 18.4. The van der Waals surface area contributed by atoms with Gasteiger partial charge >= 0.3 is 12.2 Å². The van der Waals surface area contributed by atoms with Gasteiger partial charge in [-0.25, -0.2) is 4.79 Å². The van der Waals surface area contributed by atoms with E-state index in [0.717, 1.165) is 11.8 Å². The van der Waals surface area contributed by atoms with Crippen LogP contribution >= 0.6 is 0 Å². The van der Waals surface area contributed by atoms with E-state index in [1.165, 1.54) is 28.0 Å². The number of benzene rings is 1. The SMILES string of the molecule is CCN1C(=O)N[C@H](c2ccccc2C(F)(F)F)C2=C1CN([C@H](CC(C)C)C(=O)NCCc1ccccn1)C2=O. The summed E-state index contributed by atoms with van der Waals surface area (Å²) in [5.41, 5.74) is 0.0507. The number of amides is 4. The lowest BCUT2D eigenvalue weighted by molar-refractivity contribution is -0.139. The second-order valence-electron chi connectivity index (χ2n) is 10.0. The number of alkyl halides is 3. The number of pyridine rings is 1. The molecule has 2 N–H and O–H groups in total. The van der Waals surface area contributed by atoms with Crippen molar-refractivity contribution in [1.82, 2.24) is 25.4 Å². The van der Waals surface area contributed by atoms with Gasteiger partial charge in [0.2, 0.25) is 5.91 Å². The Bertz CT molecular complexity index is 1260. The fourth-order valence-corrected chi connectivity index (χ4v) is 5.14. The molecule has 2 atom stereocenters. The molecule has 0 spiro atoms. The molecule has 0 fully saturated rings. The van der Waals surface area contributed by atoms with E-state index in [-0.39, 0.29) is 36.1 Å². The Morgan fingerprint density at radius 2 is 1.87 bits per heavy atom. The van der Waals surface area contributed by atoms with E-state index in [2.05, 4.69) is 15.6 Å². The first-order valence-electron chi connectivity index (χ1n) is 13.0. The first-order valence-corrected chi connectivity index (χ1v) is 13.0. The summed E-state index contributed by atoms with van der Waals surface area (Å²) < 4.78 is 41.7. The van der Waals surface area contributed by atoms with Crippen LogP contribution < -0.4 is 10.6 Å². The number of hydrogen-bond acceptors (Lipinski definition) is 4. The number of nitrogens with zero attached hydrogens (tertiary/aromatic N) is 3. The first-order chi connectivity index (χ1) is 18.5.